The number of quaternary nitrogens is 1. The van der Waals surface area contributed by atoms with Crippen molar-refractivity contribution in [2.24, 2.45) is 0 Å². The molecule has 0 aliphatic heterocycles. The molecule has 0 spiro atoms. The minimum Gasteiger partial charge on any atom is -0.462 e. The lowest BCUT2D eigenvalue weighted by Crippen LogP contribution is -2.37. The number of hydrogen-bond donors (Lipinski definition) is 1. The Kier molecular flexibility index (Phi) is 31.5. The summed E-state index contributed by atoms with van der Waals surface area (Å²) in [5, 5.41) is 0. The van der Waals surface area contributed by atoms with Crippen molar-refractivity contribution in [3.8, 4) is 0 Å². The quantitative estimate of drug-likeness (QED) is 0.0230. The molecule has 0 fully saturated rings. The van der Waals surface area contributed by atoms with E-state index in [1.165, 1.54) is 12.8 Å². The number of phosphoric ester groups is 1. The summed E-state index contributed by atoms with van der Waals surface area (Å²) < 4.78 is 34.1. The van der Waals surface area contributed by atoms with Crippen LogP contribution < -0.4 is 0 Å². The molecule has 0 saturated carbocycles. The molecule has 0 bridgehead atoms. The van der Waals surface area contributed by atoms with Crippen molar-refractivity contribution in [1.29, 1.82) is 0 Å². The van der Waals surface area contributed by atoms with Crippen molar-refractivity contribution >= 4 is 19.8 Å². The summed E-state index contributed by atoms with van der Waals surface area (Å²) in [6, 6.07) is 0. The monoisotopic (exact) mass is 727 g/mol. The Morgan fingerprint density at radius 2 is 1.14 bits per heavy atom. The number of unbranched alkanes of at least 4 members (excludes halogenated alkanes) is 12. The van der Waals surface area contributed by atoms with Crippen LogP contribution in [0.25, 0.3) is 0 Å². The number of allylic oxidation sites excluding steroid dienone is 8. The molecule has 0 rings (SSSR count). The Balaban J connectivity index is 4.46. The van der Waals surface area contributed by atoms with Crippen LogP contribution >= 0.6 is 7.82 Å². The first-order chi connectivity index (χ1) is 24.0. The van der Waals surface area contributed by atoms with Crippen molar-refractivity contribution in [2.45, 2.75) is 148 Å². The summed E-state index contributed by atoms with van der Waals surface area (Å²) in [5.74, 6) is -0.836. The first-order valence-electron chi connectivity index (χ1n) is 19.4. The number of phosphoric acid groups is 1. The highest BCUT2D eigenvalue weighted by molar-refractivity contribution is 7.47. The van der Waals surface area contributed by atoms with Crippen LogP contribution in [-0.4, -0.2) is 74.9 Å². The van der Waals surface area contributed by atoms with Crippen LogP contribution in [0.1, 0.15) is 142 Å². The number of carbonyl (C=O) groups excluding carboxylic acids is 2. The molecular weight excluding hydrogens is 653 g/mol. The van der Waals surface area contributed by atoms with E-state index in [2.05, 4.69) is 62.5 Å². The van der Waals surface area contributed by atoms with Gasteiger partial charge in [-0.05, 0) is 64.2 Å². The van der Waals surface area contributed by atoms with E-state index in [1.54, 1.807) is 0 Å². The van der Waals surface area contributed by atoms with Crippen molar-refractivity contribution in [2.75, 3.05) is 47.5 Å². The van der Waals surface area contributed by atoms with E-state index in [1.807, 2.05) is 21.1 Å². The van der Waals surface area contributed by atoms with E-state index in [4.69, 9.17) is 18.5 Å². The topological polar surface area (TPSA) is 108 Å². The lowest BCUT2D eigenvalue weighted by Gasteiger charge is -2.24. The average Bonchev–Trinajstić information content (AvgIpc) is 3.06. The van der Waals surface area contributed by atoms with Crippen LogP contribution in [0.5, 0.6) is 0 Å². The molecule has 0 heterocycles. The van der Waals surface area contributed by atoms with Crippen molar-refractivity contribution in [1.82, 2.24) is 0 Å². The Bertz CT molecular complexity index is 1000. The zero-order valence-corrected chi connectivity index (χ0v) is 33.3. The van der Waals surface area contributed by atoms with Gasteiger partial charge in [-0.2, -0.15) is 0 Å². The van der Waals surface area contributed by atoms with E-state index < -0.39 is 26.5 Å². The number of likely N-dealkylation sites (N-methyl/N-ethyl adjacent to an activating group) is 1. The summed E-state index contributed by atoms with van der Waals surface area (Å²) in [4.78, 5) is 35.2. The first kappa shape index (κ1) is 48.0. The first-order valence-corrected chi connectivity index (χ1v) is 20.9. The van der Waals surface area contributed by atoms with E-state index in [0.717, 1.165) is 89.9 Å². The molecule has 0 aromatic heterocycles. The fourth-order valence-electron chi connectivity index (χ4n) is 4.77. The molecule has 290 valence electrons. The second kappa shape index (κ2) is 32.8. The number of hydrogen-bond acceptors (Lipinski definition) is 7. The standard InChI is InChI=1S/C40H72NO8P/c1-6-8-10-12-14-16-18-19-20-21-23-24-26-28-30-32-39(42)46-36-38(37-48-50(44,45)47-35-34-41(3,4)5)49-40(43)33-31-29-27-25-22-17-15-13-11-9-7-2/h8,10,13-16,19-20,38H,6-7,9,11-12,17-18,21-37H2,1-5H3/p+1/b10-8+,15-13+,16-14+,20-19+/t38-/m1/s1. The van der Waals surface area contributed by atoms with Gasteiger partial charge in [0.1, 0.15) is 19.8 Å². The Hall–Kier alpha value is -2.03. The Morgan fingerprint density at radius 3 is 1.72 bits per heavy atom. The smallest absolute Gasteiger partial charge is 0.462 e. The van der Waals surface area contributed by atoms with Gasteiger partial charge in [-0.3, -0.25) is 18.6 Å². The normalized spacial score (nSPS) is 14.3. The van der Waals surface area contributed by atoms with Gasteiger partial charge in [-0.25, -0.2) is 4.57 Å². The van der Waals surface area contributed by atoms with Gasteiger partial charge in [0.25, 0.3) is 0 Å². The van der Waals surface area contributed by atoms with Gasteiger partial charge in [0.2, 0.25) is 0 Å². The molecule has 0 aliphatic rings. The van der Waals surface area contributed by atoms with E-state index >= 15 is 0 Å². The van der Waals surface area contributed by atoms with Gasteiger partial charge in [-0.15, -0.1) is 0 Å². The minimum atomic E-state index is -4.37. The largest absolute Gasteiger partial charge is 0.472 e. The van der Waals surface area contributed by atoms with Gasteiger partial charge in [0.05, 0.1) is 27.7 Å². The lowest BCUT2D eigenvalue weighted by atomic mass is 10.1. The zero-order chi connectivity index (χ0) is 37.2. The molecule has 1 unspecified atom stereocenters. The molecule has 9 nitrogen and oxygen atoms in total. The van der Waals surface area contributed by atoms with Gasteiger partial charge >= 0.3 is 19.8 Å². The van der Waals surface area contributed by atoms with Gasteiger partial charge < -0.3 is 18.9 Å². The van der Waals surface area contributed by atoms with Crippen molar-refractivity contribution in [3.63, 3.8) is 0 Å². The maximum absolute atomic E-state index is 12.6. The van der Waals surface area contributed by atoms with Gasteiger partial charge in [-0.1, -0.05) is 114 Å². The third-order valence-electron chi connectivity index (χ3n) is 7.84. The number of carbonyl (C=O) groups is 2. The second-order valence-corrected chi connectivity index (χ2v) is 15.4. The van der Waals surface area contributed by atoms with Crippen LogP contribution in [0.3, 0.4) is 0 Å². The molecule has 0 aliphatic carbocycles. The van der Waals surface area contributed by atoms with Gasteiger partial charge in [0, 0.05) is 12.8 Å². The highest BCUT2D eigenvalue weighted by Gasteiger charge is 2.27. The summed E-state index contributed by atoms with van der Waals surface area (Å²) in [5.41, 5.74) is 0. The molecule has 0 aromatic carbocycles. The Labute approximate surface area is 305 Å². The molecule has 2 atom stereocenters. The van der Waals surface area contributed by atoms with Crippen LogP contribution in [0.2, 0.25) is 0 Å². The molecular formula is C40H73NO8P+. The SMILES string of the molecule is CC/C=C/C/C=C/C/C=C/CCCCCCCC(=O)OC[C@H](COP(=O)(O)OCC[N+](C)(C)C)OC(=O)CCCCCCC/C=C/CCCC. The third-order valence-corrected chi connectivity index (χ3v) is 8.83. The maximum atomic E-state index is 12.6. The number of esters is 2. The van der Waals surface area contributed by atoms with E-state index in [9.17, 15) is 19.0 Å². The number of rotatable bonds is 34. The van der Waals surface area contributed by atoms with Crippen LogP contribution in [-0.2, 0) is 32.7 Å². The summed E-state index contributed by atoms with van der Waals surface area (Å²) in [6.07, 6.45) is 35.9. The molecule has 0 saturated heterocycles. The van der Waals surface area contributed by atoms with Crippen LogP contribution in [0.15, 0.2) is 48.6 Å². The van der Waals surface area contributed by atoms with Crippen molar-refractivity contribution in [3.05, 3.63) is 48.6 Å². The average molecular weight is 727 g/mol. The van der Waals surface area contributed by atoms with Gasteiger partial charge in [0.15, 0.2) is 6.10 Å². The molecule has 0 amide bonds. The maximum Gasteiger partial charge on any atom is 0.472 e. The lowest BCUT2D eigenvalue weighted by molar-refractivity contribution is -0.870. The zero-order valence-electron chi connectivity index (χ0n) is 32.4. The molecule has 0 radical (unpaired) electrons. The molecule has 1 N–H and O–H groups in total. The summed E-state index contributed by atoms with van der Waals surface area (Å²) >= 11 is 0. The molecule has 50 heavy (non-hydrogen) atoms. The predicted molar refractivity (Wildman–Crippen MR) is 206 cm³/mol. The number of ether oxygens (including phenoxy) is 2. The summed E-state index contributed by atoms with van der Waals surface area (Å²) in [6.45, 7) is 4.21. The van der Waals surface area contributed by atoms with Crippen LogP contribution in [0, 0.1) is 0 Å². The summed E-state index contributed by atoms with van der Waals surface area (Å²) in [7, 11) is 1.45. The van der Waals surface area contributed by atoms with E-state index in [0.29, 0.717) is 23.9 Å². The highest BCUT2D eigenvalue weighted by atomic mass is 31.2. The fourth-order valence-corrected chi connectivity index (χ4v) is 5.51. The second-order valence-electron chi connectivity index (χ2n) is 13.9. The highest BCUT2D eigenvalue weighted by Crippen LogP contribution is 2.43. The minimum absolute atomic E-state index is 0.0254. The number of nitrogens with zero attached hydrogens (tertiary/aromatic N) is 1. The fraction of sp³-hybridized carbons (Fsp3) is 0.750. The molecule has 0 aromatic rings. The predicted octanol–water partition coefficient (Wildman–Crippen LogP) is 10.3. The Morgan fingerprint density at radius 1 is 0.640 bits per heavy atom. The van der Waals surface area contributed by atoms with E-state index in [-0.39, 0.29) is 32.0 Å². The molecule has 10 heteroatoms. The van der Waals surface area contributed by atoms with Crippen LogP contribution in [0.4, 0.5) is 0 Å². The van der Waals surface area contributed by atoms with Crippen molar-refractivity contribution < 1.29 is 42.1 Å². The third kappa shape index (κ3) is 35.8.